The van der Waals surface area contributed by atoms with E-state index in [0.29, 0.717) is 0 Å². The van der Waals surface area contributed by atoms with Gasteiger partial charge in [-0.3, -0.25) is 0 Å². The molecule has 6 heteroatoms. The van der Waals surface area contributed by atoms with E-state index in [1.54, 1.807) is 0 Å². The van der Waals surface area contributed by atoms with Gasteiger partial charge in [-0.1, -0.05) is 0 Å². The molecule has 0 aliphatic rings. The highest BCUT2D eigenvalue weighted by Crippen LogP contribution is 1.99. The van der Waals surface area contributed by atoms with Crippen molar-refractivity contribution in [1.82, 2.24) is 10.6 Å². The minimum atomic E-state index is -0.101. The van der Waals surface area contributed by atoms with Gasteiger partial charge in [0, 0.05) is 13.2 Å². The van der Waals surface area contributed by atoms with Crippen molar-refractivity contribution in [3.05, 3.63) is 0 Å². The van der Waals surface area contributed by atoms with Gasteiger partial charge in [0.2, 0.25) is 0 Å². The molecule has 0 fully saturated rings. The van der Waals surface area contributed by atoms with Gasteiger partial charge < -0.3 is 31.6 Å². The highest BCUT2D eigenvalue weighted by Gasteiger charge is 2.01. The summed E-state index contributed by atoms with van der Waals surface area (Å²) in [6.45, 7) is 9.12. The Bertz CT molecular complexity index is 189. The van der Waals surface area contributed by atoms with Crippen LogP contribution >= 0.6 is 0 Å². The SMILES string of the molecule is CC(OCCCCNCCCN)OCCCCNCCCN. The van der Waals surface area contributed by atoms with Crippen molar-refractivity contribution in [3.63, 3.8) is 0 Å². The number of nitrogens with two attached hydrogens (primary N) is 2. The molecule has 0 aromatic rings. The largest absolute Gasteiger partial charge is 0.353 e. The third-order valence-corrected chi connectivity index (χ3v) is 3.32. The molecule has 0 saturated carbocycles. The van der Waals surface area contributed by atoms with Crippen LogP contribution in [-0.4, -0.2) is 58.8 Å². The number of unbranched alkanes of at least 4 members (excludes halogenated alkanes) is 2. The lowest BCUT2D eigenvalue weighted by molar-refractivity contribution is -0.131. The second-order valence-corrected chi connectivity index (χ2v) is 5.51. The molecule has 0 radical (unpaired) electrons. The molecular formula is C16H38N4O2. The average Bonchev–Trinajstić information content (AvgIpc) is 2.52. The summed E-state index contributed by atoms with van der Waals surface area (Å²) in [6, 6.07) is 0. The topological polar surface area (TPSA) is 94.6 Å². The fraction of sp³-hybridized carbons (Fsp3) is 1.00. The molecule has 22 heavy (non-hydrogen) atoms. The molecule has 0 heterocycles. The summed E-state index contributed by atoms with van der Waals surface area (Å²) >= 11 is 0. The Labute approximate surface area is 136 Å². The second kappa shape index (κ2) is 18.8. The van der Waals surface area contributed by atoms with Gasteiger partial charge in [0.15, 0.2) is 6.29 Å². The predicted octanol–water partition coefficient (Wildman–Crippen LogP) is 0.803. The van der Waals surface area contributed by atoms with Gasteiger partial charge in [-0.05, 0) is 84.7 Å². The van der Waals surface area contributed by atoms with Crippen molar-refractivity contribution in [2.45, 2.75) is 51.7 Å². The Balaban J connectivity index is 3.11. The Kier molecular flexibility index (Phi) is 18.6. The molecule has 0 aromatic carbocycles. The Morgan fingerprint density at radius 1 is 0.682 bits per heavy atom. The standard InChI is InChI=1S/C16H38N4O2/c1-16(21-14-4-2-10-19-12-6-8-17)22-15-5-3-11-20-13-7-9-18/h16,19-20H,2-15,17-18H2,1H3. The van der Waals surface area contributed by atoms with Crippen LogP contribution in [0.25, 0.3) is 0 Å². The van der Waals surface area contributed by atoms with Crippen LogP contribution in [0.15, 0.2) is 0 Å². The molecule has 6 N–H and O–H groups in total. The van der Waals surface area contributed by atoms with Gasteiger partial charge in [0.1, 0.15) is 0 Å². The average molecular weight is 319 g/mol. The predicted molar refractivity (Wildman–Crippen MR) is 92.9 cm³/mol. The molecule has 134 valence electrons. The summed E-state index contributed by atoms with van der Waals surface area (Å²) in [6.07, 6.45) is 6.38. The maximum Gasteiger partial charge on any atom is 0.154 e. The van der Waals surface area contributed by atoms with Crippen LogP contribution in [0.1, 0.15) is 45.4 Å². The van der Waals surface area contributed by atoms with Crippen LogP contribution in [0.4, 0.5) is 0 Å². The van der Waals surface area contributed by atoms with Gasteiger partial charge in [-0.25, -0.2) is 0 Å². The van der Waals surface area contributed by atoms with Gasteiger partial charge in [0.25, 0.3) is 0 Å². The summed E-state index contributed by atoms with van der Waals surface area (Å²) in [5, 5.41) is 6.72. The van der Waals surface area contributed by atoms with E-state index in [2.05, 4.69) is 10.6 Å². The summed E-state index contributed by atoms with van der Waals surface area (Å²) < 4.78 is 11.3. The van der Waals surface area contributed by atoms with Crippen molar-refractivity contribution in [1.29, 1.82) is 0 Å². The third kappa shape index (κ3) is 17.8. The van der Waals surface area contributed by atoms with Crippen molar-refractivity contribution in [2.75, 3.05) is 52.5 Å². The van der Waals surface area contributed by atoms with Gasteiger partial charge in [-0.15, -0.1) is 0 Å². The van der Waals surface area contributed by atoms with Crippen LogP contribution < -0.4 is 22.1 Å². The van der Waals surface area contributed by atoms with Crippen LogP contribution in [0.2, 0.25) is 0 Å². The first-order valence-electron chi connectivity index (χ1n) is 8.86. The molecule has 0 saturated heterocycles. The van der Waals surface area contributed by atoms with Gasteiger partial charge in [-0.2, -0.15) is 0 Å². The van der Waals surface area contributed by atoms with E-state index in [-0.39, 0.29) is 6.29 Å². The number of nitrogens with one attached hydrogen (secondary N) is 2. The number of hydrogen-bond donors (Lipinski definition) is 4. The lowest BCUT2D eigenvalue weighted by Crippen LogP contribution is -2.21. The van der Waals surface area contributed by atoms with Gasteiger partial charge >= 0.3 is 0 Å². The molecule has 0 aromatic heterocycles. The fourth-order valence-corrected chi connectivity index (χ4v) is 1.95. The van der Waals surface area contributed by atoms with Crippen molar-refractivity contribution in [3.8, 4) is 0 Å². The van der Waals surface area contributed by atoms with E-state index < -0.39 is 0 Å². The molecule has 0 bridgehead atoms. The highest BCUT2D eigenvalue weighted by molar-refractivity contribution is 4.50. The van der Waals surface area contributed by atoms with E-state index in [1.807, 2.05) is 6.92 Å². The smallest absolute Gasteiger partial charge is 0.154 e. The fourth-order valence-electron chi connectivity index (χ4n) is 1.95. The van der Waals surface area contributed by atoms with Crippen molar-refractivity contribution < 1.29 is 9.47 Å². The summed E-state index contributed by atoms with van der Waals surface area (Å²) in [7, 11) is 0. The molecule has 0 atom stereocenters. The third-order valence-electron chi connectivity index (χ3n) is 3.32. The molecule has 6 nitrogen and oxygen atoms in total. The molecular weight excluding hydrogens is 280 g/mol. The summed E-state index contributed by atoms with van der Waals surface area (Å²) in [4.78, 5) is 0. The van der Waals surface area contributed by atoms with E-state index >= 15 is 0 Å². The van der Waals surface area contributed by atoms with E-state index in [1.165, 1.54) is 0 Å². The van der Waals surface area contributed by atoms with Crippen LogP contribution in [-0.2, 0) is 9.47 Å². The minimum Gasteiger partial charge on any atom is -0.353 e. The Morgan fingerprint density at radius 3 is 1.50 bits per heavy atom. The maximum atomic E-state index is 5.63. The molecule has 0 spiro atoms. The van der Waals surface area contributed by atoms with Crippen molar-refractivity contribution in [2.24, 2.45) is 11.5 Å². The first-order valence-corrected chi connectivity index (χ1v) is 8.86. The zero-order valence-corrected chi connectivity index (χ0v) is 14.4. The normalized spacial score (nSPS) is 11.5. The number of hydrogen-bond acceptors (Lipinski definition) is 6. The van der Waals surface area contributed by atoms with E-state index in [9.17, 15) is 0 Å². The maximum absolute atomic E-state index is 5.63. The number of ether oxygens (including phenoxy) is 2. The monoisotopic (exact) mass is 318 g/mol. The van der Waals surface area contributed by atoms with Crippen LogP contribution in [0.5, 0.6) is 0 Å². The molecule has 0 aliphatic heterocycles. The summed E-state index contributed by atoms with van der Waals surface area (Å²) in [5.41, 5.74) is 10.9. The lowest BCUT2D eigenvalue weighted by atomic mass is 10.3. The lowest BCUT2D eigenvalue weighted by Gasteiger charge is -2.14. The van der Waals surface area contributed by atoms with Crippen molar-refractivity contribution >= 4 is 0 Å². The van der Waals surface area contributed by atoms with Crippen LogP contribution in [0.3, 0.4) is 0 Å². The minimum absolute atomic E-state index is 0.101. The Morgan fingerprint density at radius 2 is 1.09 bits per heavy atom. The zero-order chi connectivity index (χ0) is 16.3. The van der Waals surface area contributed by atoms with E-state index in [4.69, 9.17) is 20.9 Å². The second-order valence-electron chi connectivity index (χ2n) is 5.51. The van der Waals surface area contributed by atoms with Crippen LogP contribution in [0, 0.1) is 0 Å². The first-order chi connectivity index (χ1) is 10.8. The molecule has 0 amide bonds. The zero-order valence-electron chi connectivity index (χ0n) is 14.4. The number of rotatable bonds is 18. The molecule has 0 aliphatic carbocycles. The first kappa shape index (κ1) is 21.8. The van der Waals surface area contributed by atoms with Gasteiger partial charge in [0.05, 0.1) is 0 Å². The molecule has 0 unspecified atom stereocenters. The quantitative estimate of drug-likeness (QED) is 0.221. The van der Waals surface area contributed by atoms with E-state index in [0.717, 1.165) is 91.0 Å². The molecule has 0 rings (SSSR count). The Hall–Kier alpha value is -0.240. The highest BCUT2D eigenvalue weighted by atomic mass is 16.7. The summed E-state index contributed by atoms with van der Waals surface area (Å²) in [5.74, 6) is 0.